The number of carbonyl (C=O) groups is 4. The molecule has 3 N–H and O–H groups in total. The quantitative estimate of drug-likeness (QED) is 0.411. The molecule has 1 atom stereocenters. The summed E-state index contributed by atoms with van der Waals surface area (Å²) in [7, 11) is 0. The fourth-order valence-corrected chi connectivity index (χ4v) is 0.534. The van der Waals surface area contributed by atoms with Crippen LogP contribution < -0.4 is 0 Å². The molecule has 0 amide bonds. The highest BCUT2D eigenvalue weighted by Crippen LogP contribution is 1.98. The lowest BCUT2D eigenvalue weighted by atomic mass is 10.2. The van der Waals surface area contributed by atoms with Gasteiger partial charge in [-0.1, -0.05) is 0 Å². The molecule has 0 saturated carbocycles. The number of ether oxygens (including phenoxy) is 2. The van der Waals surface area contributed by atoms with E-state index in [1.54, 1.807) is 0 Å². The van der Waals surface area contributed by atoms with Crippen molar-refractivity contribution in [2.45, 2.75) is 12.5 Å². The Hall–Kier alpha value is -2.16. The first kappa shape index (κ1) is 12.8. The number of aliphatic hydroxyl groups is 1. The maximum Gasteiger partial charge on any atom is 0.513 e. The van der Waals surface area contributed by atoms with E-state index < -0.39 is 36.8 Å². The van der Waals surface area contributed by atoms with Crippen LogP contribution in [0.4, 0.5) is 9.59 Å². The second-order valence-electron chi connectivity index (χ2n) is 2.15. The van der Waals surface area contributed by atoms with E-state index >= 15 is 0 Å². The molecule has 15 heavy (non-hydrogen) atoms. The third-order valence-corrected chi connectivity index (χ3v) is 1.02. The number of rotatable bonds is 3. The minimum atomic E-state index is -2.09. The summed E-state index contributed by atoms with van der Waals surface area (Å²) < 4.78 is 7.03. The summed E-state index contributed by atoms with van der Waals surface area (Å²) in [5.74, 6) is -3.00. The normalized spacial score (nSPS) is 11.3. The van der Waals surface area contributed by atoms with Crippen molar-refractivity contribution in [2.24, 2.45) is 0 Å². The van der Waals surface area contributed by atoms with Gasteiger partial charge in [-0.2, -0.15) is 0 Å². The summed E-state index contributed by atoms with van der Waals surface area (Å²) in [5, 5.41) is 24.7. The van der Waals surface area contributed by atoms with Gasteiger partial charge in [0.05, 0.1) is 6.42 Å². The number of carbonyl (C=O) groups excluding carboxylic acids is 2. The van der Waals surface area contributed by atoms with E-state index in [0.29, 0.717) is 0 Å². The van der Waals surface area contributed by atoms with Crippen molar-refractivity contribution in [2.75, 3.05) is 0 Å². The fraction of sp³-hybridized carbons (Fsp3) is 0.333. The lowest BCUT2D eigenvalue weighted by Gasteiger charge is -2.05. The second kappa shape index (κ2) is 5.54. The third kappa shape index (κ3) is 5.99. The lowest BCUT2D eigenvalue weighted by molar-refractivity contribution is -0.155. The molecule has 1 unspecified atom stereocenters. The van der Waals surface area contributed by atoms with Gasteiger partial charge in [0, 0.05) is 0 Å². The molecule has 0 aliphatic carbocycles. The summed E-state index contributed by atoms with van der Waals surface area (Å²) in [6.45, 7) is 0. The molecule has 0 saturated heterocycles. The Kier molecular flexibility index (Phi) is 4.75. The van der Waals surface area contributed by atoms with E-state index in [4.69, 9.17) is 15.3 Å². The van der Waals surface area contributed by atoms with Crippen LogP contribution in [-0.4, -0.2) is 45.7 Å². The van der Waals surface area contributed by atoms with Gasteiger partial charge in [-0.25, -0.2) is 14.4 Å². The van der Waals surface area contributed by atoms with E-state index in [0.717, 1.165) is 0 Å². The van der Waals surface area contributed by atoms with Gasteiger partial charge < -0.3 is 24.8 Å². The van der Waals surface area contributed by atoms with Crippen LogP contribution in [0.25, 0.3) is 0 Å². The van der Waals surface area contributed by atoms with Gasteiger partial charge in [-0.3, -0.25) is 4.79 Å². The maximum absolute atomic E-state index is 10.6. The van der Waals surface area contributed by atoms with Gasteiger partial charge in [0.2, 0.25) is 0 Å². The molecule has 0 bridgehead atoms. The van der Waals surface area contributed by atoms with Crippen molar-refractivity contribution in [3.8, 4) is 0 Å². The number of carboxylic acid groups (broad SMARTS) is 2. The minimum Gasteiger partial charge on any atom is -0.449 e. The lowest BCUT2D eigenvalue weighted by Crippen LogP contribution is -2.28. The SMILES string of the molecule is O=C(O)OC(=O)CC(O)C(=O)OC(=O)O. The summed E-state index contributed by atoms with van der Waals surface area (Å²) in [6.07, 6.45) is -6.96. The Bertz CT molecular complexity index is 293. The average Bonchev–Trinajstić information content (AvgIpc) is 2.00. The Labute approximate surface area is 81.8 Å². The Morgan fingerprint density at radius 2 is 1.47 bits per heavy atom. The predicted octanol–water partition coefficient (Wildman–Crippen LogP) is -0.820. The topological polar surface area (TPSA) is 147 Å². The molecular formula is C6H6O9. The first-order valence-electron chi connectivity index (χ1n) is 3.39. The fourth-order valence-electron chi connectivity index (χ4n) is 0.534. The Morgan fingerprint density at radius 3 is 1.87 bits per heavy atom. The van der Waals surface area contributed by atoms with Crippen LogP contribution in [0.5, 0.6) is 0 Å². The molecule has 0 aromatic heterocycles. The van der Waals surface area contributed by atoms with Crippen LogP contribution >= 0.6 is 0 Å². The van der Waals surface area contributed by atoms with Crippen molar-refractivity contribution < 1.29 is 44.0 Å². The molecule has 0 aliphatic heterocycles. The first-order chi connectivity index (χ1) is 6.82. The minimum absolute atomic E-state index is 1.02. The monoisotopic (exact) mass is 222 g/mol. The van der Waals surface area contributed by atoms with E-state index in [2.05, 4.69) is 9.47 Å². The predicted molar refractivity (Wildman–Crippen MR) is 38.9 cm³/mol. The number of hydrogen-bond acceptors (Lipinski definition) is 7. The van der Waals surface area contributed by atoms with E-state index in [1.807, 2.05) is 0 Å². The standard InChI is InChI=1S/C6H6O9/c7-2(4(9)15-6(12)13)1-3(8)14-5(10)11/h2,7H,1H2,(H,10,11)(H,12,13). The number of hydrogen-bond donors (Lipinski definition) is 3. The molecule has 0 rings (SSSR count). The van der Waals surface area contributed by atoms with E-state index in [9.17, 15) is 19.2 Å². The van der Waals surface area contributed by atoms with Crippen LogP contribution in [0.1, 0.15) is 6.42 Å². The van der Waals surface area contributed by atoms with Crippen LogP contribution in [0.3, 0.4) is 0 Å². The van der Waals surface area contributed by atoms with Crippen molar-refractivity contribution in [3.63, 3.8) is 0 Å². The largest absolute Gasteiger partial charge is 0.513 e. The van der Waals surface area contributed by atoms with E-state index in [1.165, 1.54) is 0 Å². The summed E-state index contributed by atoms with van der Waals surface area (Å²) >= 11 is 0. The molecule has 0 aliphatic rings. The van der Waals surface area contributed by atoms with Crippen molar-refractivity contribution in [1.29, 1.82) is 0 Å². The maximum atomic E-state index is 10.6. The zero-order valence-electron chi connectivity index (χ0n) is 7.08. The Balaban J connectivity index is 4.07. The van der Waals surface area contributed by atoms with Gasteiger partial charge in [-0.05, 0) is 0 Å². The molecular weight excluding hydrogens is 216 g/mol. The second-order valence-corrected chi connectivity index (χ2v) is 2.15. The van der Waals surface area contributed by atoms with Crippen molar-refractivity contribution in [1.82, 2.24) is 0 Å². The smallest absolute Gasteiger partial charge is 0.449 e. The molecule has 0 aromatic rings. The number of esters is 2. The van der Waals surface area contributed by atoms with Crippen LogP contribution in [0.15, 0.2) is 0 Å². The number of aliphatic hydroxyl groups excluding tert-OH is 1. The summed E-state index contributed by atoms with van der Waals surface area (Å²) in [6, 6.07) is 0. The summed E-state index contributed by atoms with van der Waals surface area (Å²) in [5.41, 5.74) is 0. The molecule has 0 aromatic carbocycles. The zero-order valence-corrected chi connectivity index (χ0v) is 7.08. The molecule has 0 radical (unpaired) electrons. The van der Waals surface area contributed by atoms with Gasteiger partial charge in [-0.15, -0.1) is 0 Å². The molecule has 9 heteroatoms. The molecule has 0 fully saturated rings. The van der Waals surface area contributed by atoms with Gasteiger partial charge in [0.1, 0.15) is 0 Å². The van der Waals surface area contributed by atoms with E-state index in [-0.39, 0.29) is 0 Å². The highest BCUT2D eigenvalue weighted by Gasteiger charge is 2.24. The van der Waals surface area contributed by atoms with Crippen LogP contribution in [-0.2, 0) is 19.1 Å². The molecule has 84 valence electrons. The Morgan fingerprint density at radius 1 is 1.00 bits per heavy atom. The highest BCUT2D eigenvalue weighted by atomic mass is 16.7. The van der Waals surface area contributed by atoms with Crippen LogP contribution in [0.2, 0.25) is 0 Å². The molecule has 9 nitrogen and oxygen atoms in total. The van der Waals surface area contributed by atoms with Gasteiger partial charge in [0.25, 0.3) is 0 Å². The first-order valence-corrected chi connectivity index (χ1v) is 3.39. The van der Waals surface area contributed by atoms with Crippen molar-refractivity contribution >= 4 is 24.2 Å². The summed E-state index contributed by atoms with van der Waals surface area (Å²) in [4.78, 5) is 40.7. The third-order valence-electron chi connectivity index (χ3n) is 1.02. The highest BCUT2D eigenvalue weighted by molar-refractivity contribution is 5.89. The van der Waals surface area contributed by atoms with Crippen molar-refractivity contribution in [3.05, 3.63) is 0 Å². The molecule has 0 spiro atoms. The van der Waals surface area contributed by atoms with Gasteiger partial charge >= 0.3 is 24.2 Å². The van der Waals surface area contributed by atoms with Crippen LogP contribution in [0, 0.1) is 0 Å². The average molecular weight is 222 g/mol. The zero-order chi connectivity index (χ0) is 12.0. The van der Waals surface area contributed by atoms with Gasteiger partial charge in [0.15, 0.2) is 6.10 Å². The molecule has 0 heterocycles.